The van der Waals surface area contributed by atoms with E-state index in [0.29, 0.717) is 6.04 Å². The standard InChI is InChI=1S/C8H18N2/c1-10-6-8(9)5-7-3-2-4-7/h7-8,10H,2-6,9H2,1H3. The Balaban J connectivity index is 1.99. The van der Waals surface area contributed by atoms with Crippen LogP contribution in [0.5, 0.6) is 0 Å². The molecule has 1 saturated carbocycles. The molecule has 1 atom stereocenters. The summed E-state index contributed by atoms with van der Waals surface area (Å²) in [6, 6.07) is 0.385. The van der Waals surface area contributed by atoms with E-state index in [1.807, 2.05) is 7.05 Å². The van der Waals surface area contributed by atoms with E-state index in [-0.39, 0.29) is 0 Å². The Bertz CT molecular complexity index is 89.3. The highest BCUT2D eigenvalue weighted by molar-refractivity contribution is 4.75. The Labute approximate surface area is 63.2 Å². The van der Waals surface area contributed by atoms with Crippen molar-refractivity contribution in [2.75, 3.05) is 13.6 Å². The lowest BCUT2D eigenvalue weighted by Gasteiger charge is -2.27. The minimum atomic E-state index is 0.385. The van der Waals surface area contributed by atoms with E-state index >= 15 is 0 Å². The zero-order valence-corrected chi connectivity index (χ0v) is 6.77. The molecule has 0 aromatic carbocycles. The van der Waals surface area contributed by atoms with Crippen LogP contribution >= 0.6 is 0 Å². The Morgan fingerprint density at radius 3 is 2.70 bits per heavy atom. The Morgan fingerprint density at radius 1 is 1.60 bits per heavy atom. The number of nitrogens with one attached hydrogen (secondary N) is 1. The summed E-state index contributed by atoms with van der Waals surface area (Å²) in [7, 11) is 1.96. The van der Waals surface area contributed by atoms with Gasteiger partial charge in [0.2, 0.25) is 0 Å². The molecular weight excluding hydrogens is 124 g/mol. The predicted molar refractivity (Wildman–Crippen MR) is 43.9 cm³/mol. The minimum Gasteiger partial charge on any atom is -0.327 e. The van der Waals surface area contributed by atoms with E-state index in [1.54, 1.807) is 0 Å². The molecule has 0 saturated heterocycles. The molecule has 1 rings (SSSR count). The lowest BCUT2D eigenvalue weighted by Crippen LogP contribution is -2.35. The Morgan fingerprint density at radius 2 is 2.30 bits per heavy atom. The van der Waals surface area contributed by atoms with Crippen molar-refractivity contribution in [1.29, 1.82) is 0 Å². The van der Waals surface area contributed by atoms with E-state index in [4.69, 9.17) is 5.73 Å². The molecule has 0 spiro atoms. The van der Waals surface area contributed by atoms with Crippen LogP contribution in [0, 0.1) is 5.92 Å². The van der Waals surface area contributed by atoms with Crippen LogP contribution in [0.25, 0.3) is 0 Å². The second-order valence-electron chi connectivity index (χ2n) is 3.35. The number of hydrogen-bond donors (Lipinski definition) is 2. The van der Waals surface area contributed by atoms with Crippen molar-refractivity contribution < 1.29 is 0 Å². The monoisotopic (exact) mass is 142 g/mol. The molecule has 0 aromatic heterocycles. The van der Waals surface area contributed by atoms with Gasteiger partial charge in [-0.05, 0) is 19.4 Å². The lowest BCUT2D eigenvalue weighted by atomic mass is 9.81. The van der Waals surface area contributed by atoms with Crippen LogP contribution in [-0.2, 0) is 0 Å². The van der Waals surface area contributed by atoms with Gasteiger partial charge in [0.05, 0.1) is 0 Å². The molecule has 1 aliphatic carbocycles. The van der Waals surface area contributed by atoms with E-state index in [0.717, 1.165) is 12.5 Å². The predicted octanol–water partition coefficient (Wildman–Crippen LogP) is 0.723. The highest BCUT2D eigenvalue weighted by Crippen LogP contribution is 2.29. The zero-order chi connectivity index (χ0) is 7.40. The second kappa shape index (κ2) is 3.94. The van der Waals surface area contributed by atoms with Crippen LogP contribution in [0.3, 0.4) is 0 Å². The van der Waals surface area contributed by atoms with E-state index in [2.05, 4.69) is 5.32 Å². The van der Waals surface area contributed by atoms with Gasteiger partial charge in [-0.2, -0.15) is 0 Å². The van der Waals surface area contributed by atoms with Crippen molar-refractivity contribution in [1.82, 2.24) is 5.32 Å². The van der Waals surface area contributed by atoms with E-state index < -0.39 is 0 Å². The summed E-state index contributed by atoms with van der Waals surface area (Å²) in [4.78, 5) is 0. The summed E-state index contributed by atoms with van der Waals surface area (Å²) in [5, 5.41) is 3.10. The first kappa shape index (κ1) is 8.02. The first-order valence-electron chi connectivity index (χ1n) is 4.23. The number of hydrogen-bond acceptors (Lipinski definition) is 2. The molecule has 1 unspecified atom stereocenters. The molecule has 60 valence electrons. The van der Waals surface area contributed by atoms with Gasteiger partial charge in [-0.25, -0.2) is 0 Å². The molecule has 2 nitrogen and oxygen atoms in total. The smallest absolute Gasteiger partial charge is 0.0167 e. The van der Waals surface area contributed by atoms with Gasteiger partial charge in [-0.3, -0.25) is 0 Å². The number of rotatable bonds is 4. The van der Waals surface area contributed by atoms with Gasteiger partial charge in [0, 0.05) is 12.6 Å². The topological polar surface area (TPSA) is 38.0 Å². The van der Waals surface area contributed by atoms with E-state index in [1.165, 1.54) is 25.7 Å². The van der Waals surface area contributed by atoms with Crippen molar-refractivity contribution in [2.24, 2.45) is 11.7 Å². The second-order valence-corrected chi connectivity index (χ2v) is 3.35. The van der Waals surface area contributed by atoms with E-state index in [9.17, 15) is 0 Å². The molecule has 0 aliphatic heterocycles. The van der Waals surface area contributed by atoms with Gasteiger partial charge in [0.25, 0.3) is 0 Å². The summed E-state index contributed by atoms with van der Waals surface area (Å²) in [5.41, 5.74) is 5.83. The average Bonchev–Trinajstić information content (AvgIpc) is 1.80. The molecule has 1 fully saturated rings. The summed E-state index contributed by atoms with van der Waals surface area (Å²) in [5.74, 6) is 0.948. The highest BCUT2D eigenvalue weighted by Gasteiger charge is 2.19. The fraction of sp³-hybridized carbons (Fsp3) is 1.00. The fourth-order valence-corrected chi connectivity index (χ4v) is 1.50. The van der Waals surface area contributed by atoms with Crippen LogP contribution in [0.1, 0.15) is 25.7 Å². The SMILES string of the molecule is CNCC(N)CC1CCC1. The average molecular weight is 142 g/mol. The molecule has 0 heterocycles. The summed E-state index contributed by atoms with van der Waals surface area (Å²) >= 11 is 0. The van der Waals surface area contributed by atoms with Crippen LogP contribution in [-0.4, -0.2) is 19.6 Å². The summed E-state index contributed by atoms with van der Waals surface area (Å²) in [6.07, 6.45) is 5.48. The van der Waals surface area contributed by atoms with Crippen molar-refractivity contribution in [3.05, 3.63) is 0 Å². The molecule has 3 N–H and O–H groups in total. The van der Waals surface area contributed by atoms with Crippen molar-refractivity contribution >= 4 is 0 Å². The van der Waals surface area contributed by atoms with Gasteiger partial charge < -0.3 is 11.1 Å². The number of nitrogens with two attached hydrogens (primary N) is 1. The van der Waals surface area contributed by atoms with Gasteiger partial charge in [-0.1, -0.05) is 19.3 Å². The van der Waals surface area contributed by atoms with Gasteiger partial charge >= 0.3 is 0 Å². The highest BCUT2D eigenvalue weighted by atomic mass is 14.9. The first-order chi connectivity index (χ1) is 4.83. The zero-order valence-electron chi connectivity index (χ0n) is 6.77. The Kier molecular flexibility index (Phi) is 3.16. The third kappa shape index (κ3) is 2.27. The molecule has 2 heteroatoms. The maximum atomic E-state index is 5.83. The van der Waals surface area contributed by atoms with Crippen LogP contribution < -0.4 is 11.1 Å². The Hall–Kier alpha value is -0.0800. The molecule has 0 radical (unpaired) electrons. The normalized spacial score (nSPS) is 22.2. The quantitative estimate of drug-likeness (QED) is 0.607. The first-order valence-corrected chi connectivity index (χ1v) is 4.23. The third-order valence-electron chi connectivity index (χ3n) is 2.33. The third-order valence-corrected chi connectivity index (χ3v) is 2.33. The number of likely N-dealkylation sites (N-methyl/N-ethyl adjacent to an activating group) is 1. The maximum Gasteiger partial charge on any atom is 0.0167 e. The van der Waals surface area contributed by atoms with Gasteiger partial charge in [-0.15, -0.1) is 0 Å². The molecule has 0 amide bonds. The summed E-state index contributed by atoms with van der Waals surface area (Å²) in [6.45, 7) is 0.969. The van der Waals surface area contributed by atoms with Crippen molar-refractivity contribution in [3.63, 3.8) is 0 Å². The largest absolute Gasteiger partial charge is 0.327 e. The van der Waals surface area contributed by atoms with Gasteiger partial charge in [0.15, 0.2) is 0 Å². The molecule has 0 bridgehead atoms. The molecule has 10 heavy (non-hydrogen) atoms. The van der Waals surface area contributed by atoms with Crippen LogP contribution in [0.2, 0.25) is 0 Å². The van der Waals surface area contributed by atoms with Crippen molar-refractivity contribution in [3.8, 4) is 0 Å². The minimum absolute atomic E-state index is 0.385. The molecular formula is C8H18N2. The van der Waals surface area contributed by atoms with Crippen LogP contribution in [0.4, 0.5) is 0 Å². The summed E-state index contributed by atoms with van der Waals surface area (Å²) < 4.78 is 0. The maximum absolute atomic E-state index is 5.83. The molecule has 1 aliphatic rings. The van der Waals surface area contributed by atoms with Crippen molar-refractivity contribution in [2.45, 2.75) is 31.7 Å². The van der Waals surface area contributed by atoms with Gasteiger partial charge in [0.1, 0.15) is 0 Å². The fourth-order valence-electron chi connectivity index (χ4n) is 1.50. The lowest BCUT2D eigenvalue weighted by molar-refractivity contribution is 0.274. The van der Waals surface area contributed by atoms with Crippen LogP contribution in [0.15, 0.2) is 0 Å². The molecule has 0 aromatic rings.